The first-order valence-corrected chi connectivity index (χ1v) is 15.1. The second kappa shape index (κ2) is 13.5. The van der Waals surface area contributed by atoms with Crippen LogP contribution in [0.1, 0.15) is 33.6 Å². The molecule has 42 heavy (non-hydrogen) atoms. The lowest BCUT2D eigenvalue weighted by Gasteiger charge is -2.28. The van der Waals surface area contributed by atoms with Crippen LogP contribution in [0, 0.1) is 0 Å². The number of hydrogen-bond acceptors (Lipinski definition) is 9. The Morgan fingerprint density at radius 3 is 2.40 bits per heavy atom. The van der Waals surface area contributed by atoms with Crippen LogP contribution in [0.5, 0.6) is 0 Å². The summed E-state index contributed by atoms with van der Waals surface area (Å²) in [7, 11) is 0.244. The molecular formula is C27H31N7O6S2. The number of amides is 2. The molecule has 0 saturated heterocycles. The van der Waals surface area contributed by atoms with Gasteiger partial charge in [0.15, 0.2) is 0 Å². The maximum Gasteiger partial charge on any atom is 0.409 e. The number of nitrogens with one attached hydrogen (secondary N) is 2. The predicted octanol–water partition coefficient (Wildman–Crippen LogP) is 2.79. The molecule has 4 rings (SSSR count). The molecule has 3 aromatic heterocycles. The lowest BCUT2D eigenvalue weighted by atomic mass is 10.0. The number of carbonyl (C=O) groups excluding carboxylic acids is 2. The summed E-state index contributed by atoms with van der Waals surface area (Å²) >= 11 is 1.46. The third-order valence-corrected chi connectivity index (χ3v) is 7.90. The molecule has 4 aromatic rings. The van der Waals surface area contributed by atoms with Crippen molar-refractivity contribution in [2.24, 2.45) is 7.05 Å². The summed E-state index contributed by atoms with van der Waals surface area (Å²) in [5.74, 6) is -0.407. The Labute approximate surface area is 247 Å². The van der Waals surface area contributed by atoms with Crippen molar-refractivity contribution in [3.63, 3.8) is 0 Å². The Bertz CT molecular complexity index is 1610. The zero-order valence-electron chi connectivity index (χ0n) is 23.2. The van der Waals surface area contributed by atoms with E-state index < -0.39 is 34.4 Å². The summed E-state index contributed by atoms with van der Waals surface area (Å²) < 4.78 is 40.2. The van der Waals surface area contributed by atoms with E-state index in [2.05, 4.69) is 15.3 Å². The van der Waals surface area contributed by atoms with Gasteiger partial charge in [-0.3, -0.25) is 24.0 Å². The average Bonchev–Trinajstić information content (AvgIpc) is 3.60. The summed E-state index contributed by atoms with van der Waals surface area (Å²) in [6, 6.07) is 8.46. The SMILES string of the molecule is COC(=O)N(C)[C@@H](Cc1ccncc1)C(=O)N[C@@H](Cc1ccc(NS(=O)(=O)O)cc1)c1csc(Cc2cncn2C)n1. The van der Waals surface area contributed by atoms with E-state index in [9.17, 15) is 18.0 Å². The molecule has 0 spiro atoms. The molecule has 0 saturated carbocycles. The fourth-order valence-corrected chi connectivity index (χ4v) is 5.58. The number of imidazole rings is 1. The van der Waals surface area contributed by atoms with Gasteiger partial charge in [-0.1, -0.05) is 12.1 Å². The number of methoxy groups -OCH3 is 1. The monoisotopic (exact) mass is 613 g/mol. The molecule has 0 bridgehead atoms. The van der Waals surface area contributed by atoms with Crippen LogP contribution in [0.2, 0.25) is 0 Å². The largest absolute Gasteiger partial charge is 0.453 e. The van der Waals surface area contributed by atoms with Crippen LogP contribution < -0.4 is 10.0 Å². The number of pyridine rings is 1. The molecule has 2 amide bonds. The van der Waals surface area contributed by atoms with Crippen LogP contribution >= 0.6 is 11.3 Å². The van der Waals surface area contributed by atoms with E-state index in [0.29, 0.717) is 18.5 Å². The van der Waals surface area contributed by atoms with Crippen molar-refractivity contribution in [3.05, 3.63) is 94.2 Å². The first-order valence-electron chi connectivity index (χ1n) is 12.8. The molecule has 0 fully saturated rings. The van der Waals surface area contributed by atoms with Crippen LogP contribution in [0.15, 0.2) is 66.7 Å². The van der Waals surface area contributed by atoms with Crippen molar-refractivity contribution in [1.82, 2.24) is 29.7 Å². The summed E-state index contributed by atoms with van der Waals surface area (Å²) in [4.78, 5) is 40.4. The van der Waals surface area contributed by atoms with Gasteiger partial charge in [0.05, 0.1) is 35.9 Å². The van der Waals surface area contributed by atoms with Crippen LogP contribution in [-0.2, 0) is 46.1 Å². The van der Waals surface area contributed by atoms with Gasteiger partial charge in [-0.05, 0) is 41.8 Å². The number of aromatic nitrogens is 4. The Balaban J connectivity index is 1.61. The Morgan fingerprint density at radius 1 is 1.10 bits per heavy atom. The highest BCUT2D eigenvalue weighted by molar-refractivity contribution is 7.87. The molecule has 0 radical (unpaired) electrons. The highest BCUT2D eigenvalue weighted by Gasteiger charge is 2.30. The number of ether oxygens (including phenoxy) is 1. The molecule has 15 heteroatoms. The van der Waals surface area contributed by atoms with E-state index in [-0.39, 0.29) is 12.1 Å². The van der Waals surface area contributed by atoms with E-state index >= 15 is 0 Å². The molecule has 0 unspecified atom stereocenters. The minimum Gasteiger partial charge on any atom is -0.453 e. The summed E-state index contributed by atoms with van der Waals surface area (Å²) in [5, 5.41) is 5.79. The summed E-state index contributed by atoms with van der Waals surface area (Å²) in [5.41, 5.74) is 3.39. The third-order valence-electron chi connectivity index (χ3n) is 6.54. The second-order valence-electron chi connectivity index (χ2n) is 9.53. The molecule has 0 aliphatic heterocycles. The number of hydrogen-bond donors (Lipinski definition) is 3. The highest BCUT2D eigenvalue weighted by atomic mass is 32.2. The van der Waals surface area contributed by atoms with Crippen molar-refractivity contribution in [1.29, 1.82) is 0 Å². The topological polar surface area (TPSA) is 169 Å². The van der Waals surface area contributed by atoms with E-state index in [1.807, 2.05) is 21.7 Å². The highest BCUT2D eigenvalue weighted by Crippen LogP contribution is 2.24. The number of nitrogens with zero attached hydrogens (tertiary/aromatic N) is 5. The number of carbonyl (C=O) groups is 2. The van der Waals surface area contributed by atoms with Crippen LogP contribution in [0.4, 0.5) is 10.5 Å². The van der Waals surface area contributed by atoms with Gasteiger partial charge in [-0.15, -0.1) is 11.3 Å². The predicted molar refractivity (Wildman–Crippen MR) is 156 cm³/mol. The first-order chi connectivity index (χ1) is 20.0. The lowest BCUT2D eigenvalue weighted by molar-refractivity contribution is -0.126. The lowest BCUT2D eigenvalue weighted by Crippen LogP contribution is -2.50. The number of benzene rings is 1. The maximum atomic E-state index is 13.8. The van der Waals surface area contributed by atoms with Crippen molar-refractivity contribution >= 4 is 39.3 Å². The number of likely N-dealkylation sites (N-methyl/N-ethyl adjacent to an activating group) is 1. The van der Waals surface area contributed by atoms with E-state index in [1.54, 1.807) is 49.2 Å². The zero-order chi connectivity index (χ0) is 30.3. The fourth-order valence-electron chi connectivity index (χ4n) is 4.29. The zero-order valence-corrected chi connectivity index (χ0v) is 24.8. The maximum absolute atomic E-state index is 13.8. The minimum atomic E-state index is -4.41. The van der Waals surface area contributed by atoms with Gasteiger partial charge in [0.1, 0.15) is 6.04 Å². The van der Waals surface area contributed by atoms with Crippen LogP contribution in [0.25, 0.3) is 0 Å². The van der Waals surface area contributed by atoms with Crippen molar-refractivity contribution < 1.29 is 27.3 Å². The van der Waals surface area contributed by atoms with Crippen LogP contribution in [-0.4, -0.2) is 69.6 Å². The summed E-state index contributed by atoms with van der Waals surface area (Å²) in [6.07, 6.45) is 7.17. The quantitative estimate of drug-likeness (QED) is 0.203. The first kappa shape index (κ1) is 30.6. The molecule has 222 valence electrons. The Hall–Kier alpha value is -4.34. The van der Waals surface area contributed by atoms with Gasteiger partial charge in [0.2, 0.25) is 5.91 Å². The molecular weight excluding hydrogens is 582 g/mol. The van der Waals surface area contributed by atoms with E-state index in [1.165, 1.54) is 42.5 Å². The van der Waals surface area contributed by atoms with Gasteiger partial charge in [0, 0.05) is 56.6 Å². The minimum absolute atomic E-state index is 0.186. The molecule has 13 nitrogen and oxygen atoms in total. The van der Waals surface area contributed by atoms with Gasteiger partial charge in [-0.25, -0.2) is 14.8 Å². The smallest absolute Gasteiger partial charge is 0.409 e. The van der Waals surface area contributed by atoms with E-state index in [4.69, 9.17) is 14.3 Å². The number of anilines is 1. The van der Waals surface area contributed by atoms with E-state index in [0.717, 1.165) is 21.8 Å². The fraction of sp³-hybridized carbons (Fsp3) is 0.296. The number of rotatable bonds is 12. The Morgan fingerprint density at radius 2 is 1.79 bits per heavy atom. The molecule has 0 aliphatic rings. The number of thiazole rings is 1. The Kier molecular flexibility index (Phi) is 9.88. The second-order valence-corrected chi connectivity index (χ2v) is 11.6. The van der Waals surface area contributed by atoms with Gasteiger partial charge < -0.3 is 14.6 Å². The molecule has 0 aliphatic carbocycles. The summed E-state index contributed by atoms with van der Waals surface area (Å²) in [6.45, 7) is 0. The van der Waals surface area contributed by atoms with Crippen molar-refractivity contribution in [3.8, 4) is 0 Å². The van der Waals surface area contributed by atoms with Gasteiger partial charge in [0.25, 0.3) is 0 Å². The van der Waals surface area contributed by atoms with Crippen molar-refractivity contribution in [2.45, 2.75) is 31.3 Å². The molecule has 3 N–H and O–H groups in total. The third kappa shape index (κ3) is 8.34. The molecule has 2 atom stereocenters. The molecule has 3 heterocycles. The van der Waals surface area contributed by atoms with Gasteiger partial charge >= 0.3 is 16.4 Å². The molecule has 1 aromatic carbocycles. The normalized spacial score (nSPS) is 12.8. The van der Waals surface area contributed by atoms with Crippen molar-refractivity contribution in [2.75, 3.05) is 18.9 Å². The van der Waals surface area contributed by atoms with Crippen LogP contribution in [0.3, 0.4) is 0 Å². The number of aryl methyl sites for hydroxylation is 1. The standard InChI is InChI=1S/C27H31N7O6S2/c1-33-17-29-15-21(33)14-25-30-23(16-41-25)22(12-18-4-6-20(7-5-18)32-42(37,38)39)31-26(35)24(34(2)27(36)40-3)13-19-8-10-28-11-9-19/h4-11,15-17,22,24,32H,12-14H2,1-3H3,(H,31,35)(H,37,38,39)/t22-,24-/m0/s1. The van der Waals surface area contributed by atoms with Gasteiger partial charge in [-0.2, -0.15) is 8.42 Å². The average molecular weight is 614 g/mol.